The van der Waals surface area contributed by atoms with E-state index in [1.54, 1.807) is 69.7 Å². The molecule has 11 nitrogen and oxygen atoms in total. The normalized spacial score (nSPS) is 21.2. The van der Waals surface area contributed by atoms with Crippen molar-refractivity contribution in [2.24, 2.45) is 0 Å². The van der Waals surface area contributed by atoms with Gasteiger partial charge >= 0.3 is 11.9 Å². The minimum absolute atomic E-state index is 0.0111. The number of rotatable bonds is 9. The lowest BCUT2D eigenvalue weighted by molar-refractivity contribution is -0.133. The van der Waals surface area contributed by atoms with Gasteiger partial charge in [0.1, 0.15) is 49.7 Å². The molecule has 2 aromatic carbocycles. The molecule has 0 saturated carbocycles. The highest BCUT2D eigenvalue weighted by molar-refractivity contribution is 8.12. The number of benzene rings is 2. The lowest BCUT2D eigenvalue weighted by atomic mass is 9.87. The number of fused-ring (bicyclic) bond motifs is 7. The number of carboxylic acids is 2. The number of hydrogen-bond acceptors (Lipinski definition) is 15. The van der Waals surface area contributed by atoms with Gasteiger partial charge in [0.2, 0.25) is 0 Å². The third-order valence-corrected chi connectivity index (χ3v) is 19.6. The summed E-state index contributed by atoms with van der Waals surface area (Å²) in [5.41, 5.74) is 4.91. The van der Waals surface area contributed by atoms with Gasteiger partial charge in [-0.3, -0.25) is 0 Å². The summed E-state index contributed by atoms with van der Waals surface area (Å²) < 4.78 is 27.5. The molecule has 5 aliphatic heterocycles. The number of carboxylic acid groups (broad SMARTS) is 2. The number of thiophene rings is 4. The van der Waals surface area contributed by atoms with Crippen molar-refractivity contribution < 1.29 is 38.7 Å². The van der Waals surface area contributed by atoms with E-state index in [1.165, 1.54) is 29.1 Å². The number of ether oxygens (including phenoxy) is 4. The number of thioether (sulfide) groups is 2. The maximum absolute atomic E-state index is 11.5. The van der Waals surface area contributed by atoms with Crippen LogP contribution in [-0.4, -0.2) is 65.1 Å². The van der Waals surface area contributed by atoms with Crippen LogP contribution in [0.5, 0.6) is 23.0 Å². The van der Waals surface area contributed by atoms with Crippen LogP contribution in [-0.2, 0) is 9.59 Å². The summed E-state index contributed by atoms with van der Waals surface area (Å²) in [6.07, 6.45) is 14.0. The molecule has 2 N–H and O–H groups in total. The van der Waals surface area contributed by atoms with E-state index in [2.05, 4.69) is 77.7 Å². The highest BCUT2D eigenvalue weighted by Crippen LogP contribution is 2.60. The molecule has 0 spiro atoms. The van der Waals surface area contributed by atoms with E-state index < -0.39 is 11.9 Å². The molecular weight excluding hydrogens is 963 g/mol. The molecule has 4 unspecified atom stereocenters. The lowest BCUT2D eigenvalue weighted by Crippen LogP contribution is -2.28. The minimum Gasteiger partial charge on any atom is -0.485 e. The molecule has 67 heavy (non-hydrogen) atoms. The average molecular weight is 994 g/mol. The summed E-state index contributed by atoms with van der Waals surface area (Å²) in [7, 11) is 0. The zero-order valence-corrected chi connectivity index (χ0v) is 39.5. The number of allylic oxidation sites excluding steroid dienone is 3. The van der Waals surface area contributed by atoms with Gasteiger partial charge in [-0.25, -0.2) is 9.59 Å². The van der Waals surface area contributed by atoms with Crippen molar-refractivity contribution in [1.29, 1.82) is 10.5 Å². The Morgan fingerprint density at radius 2 is 1.34 bits per heavy atom. The Hall–Kier alpha value is -6.44. The molecule has 330 valence electrons. The van der Waals surface area contributed by atoms with E-state index in [-0.39, 0.29) is 33.6 Å². The van der Waals surface area contributed by atoms with Crippen molar-refractivity contribution in [3.63, 3.8) is 0 Å². The molecule has 0 fully saturated rings. The maximum Gasteiger partial charge on any atom is 0.346 e. The van der Waals surface area contributed by atoms with Crippen molar-refractivity contribution in [3.8, 4) is 55.3 Å². The van der Waals surface area contributed by atoms with Crippen molar-refractivity contribution in [2.75, 3.05) is 31.3 Å². The van der Waals surface area contributed by atoms with E-state index in [9.17, 15) is 30.3 Å². The second kappa shape index (κ2) is 16.7. The Labute approximate surface area is 407 Å². The Bertz CT molecular complexity index is 3380. The minimum atomic E-state index is -1.25. The van der Waals surface area contributed by atoms with Gasteiger partial charge in [-0.05, 0) is 65.3 Å². The van der Waals surface area contributed by atoms with Crippen LogP contribution >= 0.6 is 68.9 Å². The number of anilines is 2. The summed E-state index contributed by atoms with van der Waals surface area (Å²) in [6, 6.07) is 24.7. The molecule has 9 heterocycles. The van der Waals surface area contributed by atoms with Crippen molar-refractivity contribution in [3.05, 3.63) is 133 Å². The average Bonchev–Trinajstić information content (AvgIpc) is 4.21. The third-order valence-electron chi connectivity index (χ3n) is 12.0. The summed E-state index contributed by atoms with van der Waals surface area (Å²) in [5, 5.41) is 37.6. The largest absolute Gasteiger partial charge is 0.485 e. The summed E-state index contributed by atoms with van der Waals surface area (Å²) in [4.78, 5) is 33.0. The summed E-state index contributed by atoms with van der Waals surface area (Å²) in [6.45, 7) is 1.76. The number of nitriles is 2. The third kappa shape index (κ3) is 7.20. The van der Waals surface area contributed by atoms with E-state index in [0.717, 1.165) is 89.1 Å². The standard InChI is InChI=1S/C50H31N3O8S6/c51-22-26(49(54)55)14-29-18-35-37(62-29)20-39(64-35)47-43-41(58-10-12-60-43)45(66-47)24-6-8-33-31(16-24)32-17-25(7-9-34(32)53(33)28-4-2-1-3-5-28)46-42-44(61-13-11-59-42)48(67-46)40-21-38-36(65-40)19-30(63-38)15-27(23-52)50(56)57/h1-9,14-21,31,33,35,37H,10-13H2,(H,54,55)(H,56,57)/b26-14+,27-15+. The van der Waals surface area contributed by atoms with Crippen molar-refractivity contribution >= 4 is 118 Å². The lowest BCUT2D eigenvalue weighted by Gasteiger charge is -2.29. The monoisotopic (exact) mass is 993 g/mol. The maximum atomic E-state index is 11.5. The molecule has 0 bridgehead atoms. The molecule has 4 aromatic heterocycles. The number of hydrogen-bond donors (Lipinski definition) is 2. The fourth-order valence-electron chi connectivity index (χ4n) is 9.09. The highest BCUT2D eigenvalue weighted by atomic mass is 32.2. The van der Waals surface area contributed by atoms with Crippen LogP contribution in [0, 0.1) is 22.7 Å². The quantitative estimate of drug-likeness (QED) is 0.104. The molecule has 0 saturated heterocycles. The zero-order chi connectivity index (χ0) is 45.5. The second-order valence-corrected chi connectivity index (χ2v) is 22.6. The summed E-state index contributed by atoms with van der Waals surface area (Å²) >= 11 is 9.65. The van der Waals surface area contributed by atoms with E-state index >= 15 is 0 Å². The van der Waals surface area contributed by atoms with Crippen molar-refractivity contribution in [2.45, 2.75) is 22.5 Å². The van der Waals surface area contributed by atoms with Gasteiger partial charge in [-0.15, -0.1) is 68.9 Å². The number of nitrogens with zero attached hydrogens (tertiary/aromatic N) is 3. The van der Waals surface area contributed by atoms with Crippen LogP contribution in [0.3, 0.4) is 0 Å². The van der Waals surface area contributed by atoms with Crippen molar-refractivity contribution in [1.82, 2.24) is 0 Å². The fraction of sp³-hybridized carbons (Fsp3) is 0.160. The van der Waals surface area contributed by atoms with Gasteiger partial charge in [-0.1, -0.05) is 54.6 Å². The zero-order valence-electron chi connectivity index (χ0n) is 34.6. The number of aliphatic carboxylic acids is 2. The first-order valence-electron chi connectivity index (χ1n) is 21.0. The number of para-hydroxylation sites is 1. The first-order valence-corrected chi connectivity index (χ1v) is 26.0. The molecule has 0 amide bonds. The van der Waals surface area contributed by atoms with Gasteiger partial charge < -0.3 is 34.1 Å². The van der Waals surface area contributed by atoms with Crippen LogP contribution in [0.2, 0.25) is 0 Å². The molecule has 6 aromatic rings. The highest BCUT2D eigenvalue weighted by Gasteiger charge is 2.42. The van der Waals surface area contributed by atoms with Gasteiger partial charge in [0.25, 0.3) is 0 Å². The van der Waals surface area contributed by atoms with E-state index in [1.807, 2.05) is 18.2 Å². The number of carbonyl (C=O) groups is 2. The van der Waals surface area contributed by atoms with Crippen LogP contribution < -0.4 is 23.8 Å². The Morgan fingerprint density at radius 3 is 2.04 bits per heavy atom. The van der Waals surface area contributed by atoms with Crippen LogP contribution in [0.4, 0.5) is 11.4 Å². The molecule has 1 aliphatic carbocycles. The SMILES string of the molecule is N#C/C(=C\C1=CC2SC(c3sc(C4=CC5c6cc(-c7sc(-c8cc9sc(/C=C(\C#N)C(=O)O)cc9s8)c8c7OCCO8)ccc6N(c6ccccc6)C5C=C4)c4c3OCCO4)=CC2S1)C(=O)O. The first kappa shape index (κ1) is 42.0. The molecule has 4 atom stereocenters. The Kier molecular flexibility index (Phi) is 10.5. The molecule has 0 radical (unpaired) electrons. The van der Waals surface area contributed by atoms with Gasteiger partial charge in [0, 0.05) is 51.9 Å². The first-order chi connectivity index (χ1) is 32.7. The topological polar surface area (TPSA) is 162 Å². The molecule has 12 rings (SSSR count). The smallest absolute Gasteiger partial charge is 0.346 e. The predicted octanol–water partition coefficient (Wildman–Crippen LogP) is 12.2. The van der Waals surface area contributed by atoms with E-state index in [4.69, 9.17) is 18.9 Å². The van der Waals surface area contributed by atoms with E-state index in [0.29, 0.717) is 31.3 Å². The molecular formula is C50H31N3O8S6. The Balaban J connectivity index is 0.904. The van der Waals surface area contributed by atoms with Crippen LogP contribution in [0.1, 0.15) is 26.1 Å². The van der Waals surface area contributed by atoms with Gasteiger partial charge in [0.05, 0.1) is 30.4 Å². The van der Waals surface area contributed by atoms with Crippen LogP contribution in [0.15, 0.2) is 113 Å². The molecule has 17 heteroatoms. The second-order valence-electron chi connectivity index (χ2n) is 15.9. The fourth-order valence-corrected chi connectivity index (χ4v) is 16.9. The van der Waals surface area contributed by atoms with Gasteiger partial charge in [-0.2, -0.15) is 10.5 Å². The van der Waals surface area contributed by atoms with Gasteiger partial charge in [0.15, 0.2) is 23.0 Å². The molecule has 6 aliphatic rings. The summed E-state index contributed by atoms with van der Waals surface area (Å²) in [5.74, 6) is 0.466. The predicted molar refractivity (Wildman–Crippen MR) is 268 cm³/mol. The van der Waals surface area contributed by atoms with Crippen LogP contribution in [0.25, 0.3) is 46.1 Å². The Morgan fingerprint density at radius 1 is 0.687 bits per heavy atom.